The quantitative estimate of drug-likeness (QED) is 0.590. The van der Waals surface area contributed by atoms with Crippen LogP contribution in [-0.2, 0) is 0 Å². The number of hydrogen-bond acceptors (Lipinski definition) is 5. The van der Waals surface area contributed by atoms with Crippen LogP contribution in [0.15, 0.2) is 27.8 Å². The van der Waals surface area contributed by atoms with Crippen LogP contribution in [0.5, 0.6) is 0 Å². The van der Waals surface area contributed by atoms with Crippen molar-refractivity contribution >= 4 is 45.0 Å². The zero-order valence-corrected chi connectivity index (χ0v) is 15.0. The molecular formula is C15H19BrN4S. The van der Waals surface area contributed by atoms with E-state index in [1.54, 1.807) is 0 Å². The first-order valence-corrected chi connectivity index (χ1v) is 8.76. The summed E-state index contributed by atoms with van der Waals surface area (Å²) in [5.74, 6) is 1.64. The molecule has 0 spiro atoms. The van der Waals surface area contributed by atoms with Crippen LogP contribution in [0.4, 0.5) is 17.3 Å². The molecule has 0 aliphatic rings. The van der Waals surface area contributed by atoms with E-state index < -0.39 is 0 Å². The molecule has 0 fully saturated rings. The third-order valence-corrected chi connectivity index (χ3v) is 4.75. The van der Waals surface area contributed by atoms with Gasteiger partial charge in [0.25, 0.3) is 0 Å². The lowest BCUT2D eigenvalue weighted by atomic mass is 10.1. The molecule has 2 aromatic rings. The monoisotopic (exact) mass is 366 g/mol. The van der Waals surface area contributed by atoms with Crippen molar-refractivity contribution in [2.45, 2.75) is 25.9 Å². The van der Waals surface area contributed by atoms with Crippen LogP contribution >= 0.6 is 27.7 Å². The van der Waals surface area contributed by atoms with Crippen LogP contribution < -0.4 is 10.6 Å². The number of nitrogens with one attached hydrogen (secondary N) is 2. The van der Waals surface area contributed by atoms with Crippen molar-refractivity contribution < 1.29 is 0 Å². The Morgan fingerprint density at radius 1 is 1.10 bits per heavy atom. The van der Waals surface area contributed by atoms with Crippen LogP contribution in [0.2, 0.25) is 0 Å². The summed E-state index contributed by atoms with van der Waals surface area (Å²) in [4.78, 5) is 8.93. The van der Waals surface area contributed by atoms with E-state index >= 15 is 0 Å². The summed E-state index contributed by atoms with van der Waals surface area (Å²) < 4.78 is 1.15. The molecule has 1 aromatic heterocycles. The van der Waals surface area contributed by atoms with Crippen molar-refractivity contribution in [3.05, 3.63) is 33.8 Å². The number of hydrogen-bond donors (Lipinski definition) is 2. The van der Waals surface area contributed by atoms with Gasteiger partial charge in [0.2, 0.25) is 0 Å². The largest absolute Gasteiger partial charge is 0.370 e. The summed E-state index contributed by atoms with van der Waals surface area (Å²) in [6.45, 7) is 7.05. The average molecular weight is 367 g/mol. The van der Waals surface area contributed by atoms with Crippen molar-refractivity contribution in [2.75, 3.05) is 23.4 Å². The highest BCUT2D eigenvalue weighted by atomic mass is 79.9. The number of nitrogens with zero attached hydrogens (tertiary/aromatic N) is 2. The van der Waals surface area contributed by atoms with E-state index in [1.165, 1.54) is 22.9 Å². The molecule has 0 atom stereocenters. The Hall–Kier alpha value is -1.27. The lowest BCUT2D eigenvalue weighted by Gasteiger charge is -2.12. The Kier molecular flexibility index (Phi) is 5.47. The van der Waals surface area contributed by atoms with E-state index in [1.807, 2.05) is 12.3 Å². The van der Waals surface area contributed by atoms with E-state index in [4.69, 9.17) is 0 Å². The first kappa shape index (κ1) is 16.1. The molecule has 0 radical (unpaired) electrons. The van der Waals surface area contributed by atoms with E-state index in [0.29, 0.717) is 0 Å². The molecular weight excluding hydrogens is 348 g/mol. The molecule has 0 saturated carbocycles. The minimum Gasteiger partial charge on any atom is -0.370 e. The van der Waals surface area contributed by atoms with Gasteiger partial charge in [-0.1, -0.05) is 27.7 Å². The molecule has 0 amide bonds. The summed E-state index contributed by atoms with van der Waals surface area (Å²) in [5.41, 5.74) is 3.42. The Labute approximate surface area is 138 Å². The number of aryl methyl sites for hydroxylation is 2. The molecule has 4 nitrogen and oxygen atoms in total. The number of anilines is 3. The van der Waals surface area contributed by atoms with Crippen molar-refractivity contribution in [3.63, 3.8) is 0 Å². The molecule has 21 heavy (non-hydrogen) atoms. The topological polar surface area (TPSA) is 49.8 Å². The zero-order chi connectivity index (χ0) is 15.4. The number of benzene rings is 1. The molecule has 0 unspecified atom stereocenters. The second-order valence-electron chi connectivity index (χ2n) is 4.70. The lowest BCUT2D eigenvalue weighted by Crippen LogP contribution is -2.04. The molecule has 0 aliphatic heterocycles. The summed E-state index contributed by atoms with van der Waals surface area (Å²) >= 11 is 5.12. The van der Waals surface area contributed by atoms with Gasteiger partial charge in [-0.15, -0.1) is 0 Å². The van der Waals surface area contributed by atoms with Gasteiger partial charge >= 0.3 is 0 Å². The maximum atomic E-state index is 4.50. The fourth-order valence-corrected chi connectivity index (χ4v) is 2.63. The van der Waals surface area contributed by atoms with E-state index in [0.717, 1.165) is 33.5 Å². The number of rotatable bonds is 5. The minimum absolute atomic E-state index is 0.751. The van der Waals surface area contributed by atoms with Gasteiger partial charge in [0.15, 0.2) is 5.16 Å². The normalized spacial score (nSPS) is 10.5. The number of aromatic nitrogens is 2. The van der Waals surface area contributed by atoms with E-state index in [-0.39, 0.29) is 0 Å². The van der Waals surface area contributed by atoms with E-state index in [2.05, 4.69) is 69.4 Å². The van der Waals surface area contributed by atoms with Crippen molar-refractivity contribution in [1.29, 1.82) is 0 Å². The highest BCUT2D eigenvalue weighted by Gasteiger charge is 2.06. The van der Waals surface area contributed by atoms with Gasteiger partial charge in [-0.05, 0) is 50.3 Å². The van der Waals surface area contributed by atoms with Crippen molar-refractivity contribution in [3.8, 4) is 0 Å². The fourth-order valence-electron chi connectivity index (χ4n) is 2.02. The summed E-state index contributed by atoms with van der Waals surface area (Å²) in [5, 5.41) is 7.34. The third kappa shape index (κ3) is 4.11. The molecule has 6 heteroatoms. The maximum absolute atomic E-state index is 4.50. The zero-order valence-electron chi connectivity index (χ0n) is 12.6. The molecule has 112 valence electrons. The Balaban J connectivity index is 2.32. The second-order valence-corrected chi connectivity index (χ2v) is 6.27. The Morgan fingerprint density at radius 3 is 2.29 bits per heavy atom. The third-order valence-electron chi connectivity index (χ3n) is 2.95. The predicted octanol–water partition coefficient (Wildman–Crippen LogP) is 4.75. The maximum Gasteiger partial charge on any atom is 0.191 e. The van der Waals surface area contributed by atoms with Gasteiger partial charge in [-0.3, -0.25) is 0 Å². The summed E-state index contributed by atoms with van der Waals surface area (Å²) in [6.07, 6.45) is 1.97. The molecule has 0 aliphatic carbocycles. The molecule has 2 rings (SSSR count). The second kappa shape index (κ2) is 7.13. The Bertz CT molecular complexity index is 623. The van der Waals surface area contributed by atoms with Crippen LogP contribution in [-0.4, -0.2) is 22.8 Å². The van der Waals surface area contributed by atoms with E-state index in [9.17, 15) is 0 Å². The van der Waals surface area contributed by atoms with Gasteiger partial charge in [-0.25, -0.2) is 9.97 Å². The van der Waals surface area contributed by atoms with Crippen LogP contribution in [0.25, 0.3) is 0 Å². The molecule has 1 aromatic carbocycles. The predicted molar refractivity (Wildman–Crippen MR) is 94.9 cm³/mol. The van der Waals surface area contributed by atoms with Gasteiger partial charge in [0.1, 0.15) is 11.6 Å². The minimum atomic E-state index is 0.751. The molecule has 0 bridgehead atoms. The number of halogens is 1. The fraction of sp³-hybridized carbons (Fsp3) is 0.333. The SMILES string of the molecule is CCNc1cc(Nc2cc(C)c(Br)c(C)c2)nc(SC)n1. The average Bonchev–Trinajstić information content (AvgIpc) is 2.44. The highest BCUT2D eigenvalue weighted by molar-refractivity contribution is 9.10. The first-order valence-electron chi connectivity index (χ1n) is 6.74. The Morgan fingerprint density at radius 2 is 1.71 bits per heavy atom. The van der Waals surface area contributed by atoms with Crippen molar-refractivity contribution in [2.24, 2.45) is 0 Å². The number of thioether (sulfide) groups is 1. The standard InChI is InChI=1S/C15H19BrN4S/c1-5-17-12-8-13(20-15(19-12)21-4)18-11-6-9(2)14(16)10(3)7-11/h6-8H,5H2,1-4H3,(H2,17,18,19,20). The first-order chi connectivity index (χ1) is 10.0. The molecule has 2 N–H and O–H groups in total. The highest BCUT2D eigenvalue weighted by Crippen LogP contribution is 2.27. The van der Waals surface area contributed by atoms with Gasteiger partial charge in [0, 0.05) is 22.8 Å². The van der Waals surface area contributed by atoms with Gasteiger partial charge in [0.05, 0.1) is 0 Å². The lowest BCUT2D eigenvalue weighted by molar-refractivity contribution is 0.967. The molecule has 0 saturated heterocycles. The summed E-state index contributed by atoms with van der Waals surface area (Å²) in [7, 11) is 0. The van der Waals surface area contributed by atoms with Crippen molar-refractivity contribution in [1.82, 2.24) is 9.97 Å². The van der Waals surface area contributed by atoms with Crippen LogP contribution in [0.3, 0.4) is 0 Å². The van der Waals surface area contributed by atoms with Gasteiger partial charge < -0.3 is 10.6 Å². The van der Waals surface area contributed by atoms with Gasteiger partial charge in [-0.2, -0.15) is 0 Å². The summed E-state index contributed by atoms with van der Waals surface area (Å²) in [6, 6.07) is 6.13. The smallest absolute Gasteiger partial charge is 0.191 e. The molecule has 1 heterocycles. The van der Waals surface area contributed by atoms with Crippen LogP contribution in [0, 0.1) is 13.8 Å². The van der Waals surface area contributed by atoms with Crippen LogP contribution in [0.1, 0.15) is 18.1 Å².